The predicted molar refractivity (Wildman–Crippen MR) is 105 cm³/mol. The van der Waals surface area contributed by atoms with E-state index in [2.05, 4.69) is 11.7 Å². The summed E-state index contributed by atoms with van der Waals surface area (Å²) in [5.74, 6) is -0.240. The van der Waals surface area contributed by atoms with Gasteiger partial charge in [-0.2, -0.15) is 0 Å². The molecule has 0 spiro atoms. The van der Waals surface area contributed by atoms with E-state index in [4.69, 9.17) is 4.74 Å². The maximum absolute atomic E-state index is 13.1. The van der Waals surface area contributed by atoms with Crippen LogP contribution in [0.1, 0.15) is 44.2 Å². The summed E-state index contributed by atoms with van der Waals surface area (Å²) < 4.78 is 9.87. The highest BCUT2D eigenvalue weighted by Gasteiger charge is 2.45. The van der Waals surface area contributed by atoms with E-state index in [1.54, 1.807) is 14.2 Å². The van der Waals surface area contributed by atoms with Gasteiger partial charge in [-0.25, -0.2) is 0 Å². The molecule has 28 heavy (non-hydrogen) atoms. The Morgan fingerprint density at radius 1 is 1.21 bits per heavy atom. The minimum absolute atomic E-state index is 0.00557. The number of nitrogens with zero attached hydrogens (tertiary/aromatic N) is 2. The Bertz CT molecular complexity index is 689. The summed E-state index contributed by atoms with van der Waals surface area (Å²) in [6.07, 6.45) is 2.17. The van der Waals surface area contributed by atoms with Crippen LogP contribution < -0.4 is 4.74 Å². The van der Waals surface area contributed by atoms with E-state index in [1.165, 1.54) is 12.0 Å². The van der Waals surface area contributed by atoms with Crippen LogP contribution in [0.3, 0.4) is 0 Å². The molecule has 7 nitrogen and oxygen atoms in total. The number of unbranched alkanes of at least 4 members (excludes halogenated alkanes) is 1. The van der Waals surface area contributed by atoms with Crippen LogP contribution in [0.15, 0.2) is 24.3 Å². The molecule has 0 saturated carbocycles. The maximum Gasteiger partial charge on any atom is 0.307 e. The van der Waals surface area contributed by atoms with E-state index in [0.717, 1.165) is 24.2 Å². The second kappa shape index (κ2) is 10.1. The summed E-state index contributed by atoms with van der Waals surface area (Å²) in [7, 11) is 4.59. The van der Waals surface area contributed by atoms with Gasteiger partial charge < -0.3 is 19.3 Å². The van der Waals surface area contributed by atoms with Gasteiger partial charge in [-0.15, -0.1) is 0 Å². The second-order valence-electron chi connectivity index (χ2n) is 7.06. The molecular formula is C21H30N2O5. The zero-order valence-corrected chi connectivity index (χ0v) is 17.1. The first-order chi connectivity index (χ1) is 13.4. The van der Waals surface area contributed by atoms with Crippen molar-refractivity contribution in [2.24, 2.45) is 5.92 Å². The molecule has 0 radical (unpaired) electrons. The third-order valence-electron chi connectivity index (χ3n) is 5.21. The Morgan fingerprint density at radius 2 is 1.89 bits per heavy atom. The third kappa shape index (κ3) is 5.03. The molecule has 1 aliphatic heterocycles. The lowest BCUT2D eigenvalue weighted by molar-refractivity contribution is -0.142. The smallest absolute Gasteiger partial charge is 0.307 e. The summed E-state index contributed by atoms with van der Waals surface area (Å²) in [5, 5.41) is 0. The molecule has 1 aromatic carbocycles. The van der Waals surface area contributed by atoms with Gasteiger partial charge in [0.25, 0.3) is 0 Å². The molecule has 2 unspecified atom stereocenters. The molecule has 0 aliphatic carbocycles. The van der Waals surface area contributed by atoms with Gasteiger partial charge in [0.15, 0.2) is 0 Å². The summed E-state index contributed by atoms with van der Waals surface area (Å²) in [6, 6.07) is 7.21. The zero-order chi connectivity index (χ0) is 20.7. The Balaban J connectivity index is 2.24. The van der Waals surface area contributed by atoms with Gasteiger partial charge in [-0.05, 0) is 24.1 Å². The second-order valence-corrected chi connectivity index (χ2v) is 7.06. The number of esters is 1. The first-order valence-electron chi connectivity index (χ1n) is 9.68. The Hall–Kier alpha value is -2.57. The number of rotatable bonds is 9. The highest BCUT2D eigenvalue weighted by molar-refractivity contribution is 5.90. The highest BCUT2D eigenvalue weighted by atomic mass is 16.5. The Labute approximate surface area is 166 Å². The molecular weight excluding hydrogens is 360 g/mol. The van der Waals surface area contributed by atoms with E-state index >= 15 is 0 Å². The van der Waals surface area contributed by atoms with Crippen molar-refractivity contribution in [2.45, 2.75) is 38.6 Å². The zero-order valence-electron chi connectivity index (χ0n) is 17.1. The quantitative estimate of drug-likeness (QED) is 0.605. The van der Waals surface area contributed by atoms with Crippen molar-refractivity contribution in [3.05, 3.63) is 29.8 Å². The molecule has 0 aromatic heterocycles. The number of ether oxygens (including phenoxy) is 2. The number of benzene rings is 1. The van der Waals surface area contributed by atoms with Crippen LogP contribution in [0.4, 0.5) is 0 Å². The molecule has 1 aromatic rings. The first kappa shape index (κ1) is 21.7. The number of hydrogen-bond donors (Lipinski definition) is 0. The number of carbonyl (C=O) groups excluding carboxylic acids is 3. The van der Waals surface area contributed by atoms with Crippen LogP contribution in [0.2, 0.25) is 0 Å². The fourth-order valence-corrected chi connectivity index (χ4v) is 3.57. The molecule has 154 valence electrons. The number of methoxy groups -OCH3 is 2. The minimum atomic E-state index is -0.472. The lowest BCUT2D eigenvalue weighted by atomic mass is 9.92. The van der Waals surface area contributed by atoms with Crippen molar-refractivity contribution in [1.82, 2.24) is 9.80 Å². The van der Waals surface area contributed by atoms with Crippen molar-refractivity contribution < 1.29 is 23.9 Å². The van der Waals surface area contributed by atoms with Crippen molar-refractivity contribution in [1.29, 1.82) is 0 Å². The van der Waals surface area contributed by atoms with Gasteiger partial charge in [0.1, 0.15) is 5.75 Å². The normalized spacial score (nSPS) is 18.9. The Morgan fingerprint density at radius 3 is 2.46 bits per heavy atom. The van der Waals surface area contributed by atoms with Crippen LogP contribution in [-0.4, -0.2) is 61.9 Å². The summed E-state index contributed by atoms with van der Waals surface area (Å²) >= 11 is 0. The third-order valence-corrected chi connectivity index (χ3v) is 5.21. The molecule has 2 rings (SSSR count). The highest BCUT2D eigenvalue weighted by Crippen LogP contribution is 2.39. The lowest BCUT2D eigenvalue weighted by Crippen LogP contribution is -2.38. The topological polar surface area (TPSA) is 76.2 Å². The number of carbonyl (C=O) groups is 3. The van der Waals surface area contributed by atoms with Crippen LogP contribution in [0.5, 0.6) is 5.75 Å². The monoisotopic (exact) mass is 390 g/mol. The molecule has 1 saturated heterocycles. The molecule has 7 heteroatoms. The summed E-state index contributed by atoms with van der Waals surface area (Å²) in [4.78, 5) is 40.5. The fraction of sp³-hybridized carbons (Fsp3) is 0.571. The van der Waals surface area contributed by atoms with Crippen molar-refractivity contribution >= 4 is 17.8 Å². The van der Waals surface area contributed by atoms with Gasteiger partial charge in [-0.3, -0.25) is 14.4 Å². The van der Waals surface area contributed by atoms with Gasteiger partial charge in [0, 0.05) is 26.6 Å². The number of hydrogen-bond acceptors (Lipinski definition) is 5. The van der Waals surface area contributed by atoms with Crippen LogP contribution in [0, 0.1) is 5.92 Å². The van der Waals surface area contributed by atoms with E-state index in [9.17, 15) is 14.4 Å². The molecule has 1 heterocycles. The molecule has 1 aliphatic rings. The van der Waals surface area contributed by atoms with Crippen LogP contribution >= 0.6 is 0 Å². The van der Waals surface area contributed by atoms with E-state index in [1.807, 2.05) is 29.2 Å². The summed E-state index contributed by atoms with van der Waals surface area (Å²) in [5.41, 5.74) is 0.919. The van der Waals surface area contributed by atoms with Crippen LogP contribution in [0.25, 0.3) is 0 Å². The van der Waals surface area contributed by atoms with Crippen molar-refractivity contribution in [2.75, 3.05) is 34.4 Å². The van der Waals surface area contributed by atoms with E-state index in [-0.39, 0.29) is 43.2 Å². The van der Waals surface area contributed by atoms with Gasteiger partial charge in [-0.1, -0.05) is 25.5 Å². The lowest BCUT2D eigenvalue weighted by Gasteiger charge is -2.30. The van der Waals surface area contributed by atoms with Crippen molar-refractivity contribution in [3.8, 4) is 5.75 Å². The predicted octanol–water partition coefficient (Wildman–Crippen LogP) is 2.41. The molecule has 2 amide bonds. The number of likely N-dealkylation sites (tertiary alicyclic amines) is 1. The van der Waals surface area contributed by atoms with Gasteiger partial charge in [0.05, 0.1) is 32.6 Å². The molecule has 2 atom stereocenters. The largest absolute Gasteiger partial charge is 0.497 e. The standard InChI is InChI=1S/C21H30N2O5/c1-5-6-12-23-18(24)14-17(21(26)22(2)13-11-19(25)28-4)20(23)15-7-9-16(27-3)10-8-15/h7-10,17,20H,5-6,11-14H2,1-4H3. The maximum atomic E-state index is 13.1. The molecule has 0 bridgehead atoms. The van der Waals surface area contributed by atoms with Crippen molar-refractivity contribution in [3.63, 3.8) is 0 Å². The van der Waals surface area contributed by atoms with E-state index < -0.39 is 5.92 Å². The van der Waals surface area contributed by atoms with Gasteiger partial charge in [0.2, 0.25) is 11.8 Å². The van der Waals surface area contributed by atoms with E-state index in [0.29, 0.717) is 6.54 Å². The minimum Gasteiger partial charge on any atom is -0.497 e. The molecule has 1 fully saturated rings. The number of amides is 2. The SMILES string of the molecule is CCCCN1C(=O)CC(C(=O)N(C)CCC(=O)OC)C1c1ccc(OC)cc1. The summed E-state index contributed by atoms with van der Waals surface area (Å²) in [6.45, 7) is 2.97. The van der Waals surface area contributed by atoms with Gasteiger partial charge >= 0.3 is 5.97 Å². The first-order valence-corrected chi connectivity index (χ1v) is 9.68. The fourth-order valence-electron chi connectivity index (χ4n) is 3.57. The van der Waals surface area contributed by atoms with Crippen LogP contribution in [-0.2, 0) is 19.1 Å². The Kier molecular flexibility index (Phi) is 7.84. The molecule has 0 N–H and O–H groups in total. The average molecular weight is 390 g/mol. The average Bonchev–Trinajstić information content (AvgIpc) is 3.05.